The van der Waals surface area contributed by atoms with Crippen molar-refractivity contribution < 1.29 is 19.0 Å². The van der Waals surface area contributed by atoms with Gasteiger partial charge in [0, 0.05) is 27.3 Å². The Labute approximate surface area is 215 Å². The molecule has 1 aliphatic heterocycles. The number of carbonyl (C=O) groups is 1. The van der Waals surface area contributed by atoms with Gasteiger partial charge in [0.1, 0.15) is 28.8 Å². The second-order valence-corrected chi connectivity index (χ2v) is 12.7. The number of hydrogen-bond donors (Lipinski definition) is 0. The Kier molecular flexibility index (Phi) is 6.96. The summed E-state index contributed by atoms with van der Waals surface area (Å²) in [5.41, 5.74) is 0.657. The van der Waals surface area contributed by atoms with Gasteiger partial charge in [0.05, 0.1) is 20.3 Å². The molecular formula is C31H33O4S+. The van der Waals surface area contributed by atoms with Crippen LogP contribution in [0, 0.1) is 5.41 Å². The average molecular weight is 502 g/mol. The van der Waals surface area contributed by atoms with Crippen LogP contribution >= 0.6 is 0 Å². The highest BCUT2D eigenvalue weighted by Crippen LogP contribution is 2.37. The third-order valence-corrected chi connectivity index (χ3v) is 9.70. The molecule has 1 unspecified atom stereocenters. The lowest BCUT2D eigenvalue weighted by atomic mass is 9.86. The van der Waals surface area contributed by atoms with E-state index in [1.165, 1.54) is 0 Å². The van der Waals surface area contributed by atoms with E-state index >= 15 is 0 Å². The van der Waals surface area contributed by atoms with Crippen LogP contribution < -0.4 is 9.47 Å². The quantitative estimate of drug-likeness (QED) is 0.210. The molecule has 0 aromatic heterocycles. The molecule has 0 bridgehead atoms. The Balaban J connectivity index is 1.51. The van der Waals surface area contributed by atoms with Crippen LogP contribution in [0.2, 0.25) is 0 Å². The van der Waals surface area contributed by atoms with Crippen molar-refractivity contribution in [3.63, 3.8) is 0 Å². The Morgan fingerprint density at radius 3 is 2.17 bits per heavy atom. The summed E-state index contributed by atoms with van der Waals surface area (Å²) in [6, 6.07) is 24.0. The third-order valence-electron chi connectivity index (χ3n) is 6.73. The molecule has 1 fully saturated rings. The molecule has 0 spiro atoms. The van der Waals surface area contributed by atoms with Gasteiger partial charge in [-0.15, -0.1) is 0 Å². The van der Waals surface area contributed by atoms with E-state index in [1.807, 2.05) is 72.8 Å². The molecule has 5 rings (SSSR count). The molecule has 4 aromatic rings. The average Bonchev–Trinajstić information content (AvgIpc) is 2.88. The van der Waals surface area contributed by atoms with Gasteiger partial charge in [-0.3, -0.25) is 4.79 Å². The van der Waals surface area contributed by atoms with E-state index in [4.69, 9.17) is 14.2 Å². The second-order valence-electron chi connectivity index (χ2n) is 10.3. The van der Waals surface area contributed by atoms with E-state index in [0.717, 1.165) is 69.1 Å². The first-order chi connectivity index (χ1) is 17.3. The molecule has 5 heteroatoms. The molecule has 36 heavy (non-hydrogen) atoms. The van der Waals surface area contributed by atoms with Gasteiger partial charge in [-0.1, -0.05) is 57.2 Å². The zero-order chi connectivity index (χ0) is 25.3. The summed E-state index contributed by atoms with van der Waals surface area (Å²) in [7, 11) is 1.68. The summed E-state index contributed by atoms with van der Waals surface area (Å²) in [4.78, 5) is 14.1. The minimum atomic E-state index is -0.123. The van der Waals surface area contributed by atoms with Crippen LogP contribution in [0.4, 0.5) is 0 Å². The Morgan fingerprint density at radius 1 is 0.861 bits per heavy atom. The first-order valence-corrected chi connectivity index (χ1v) is 14.0. The van der Waals surface area contributed by atoms with Crippen LogP contribution in [0.3, 0.4) is 0 Å². The maximum atomic E-state index is 14.1. The molecule has 4 nitrogen and oxygen atoms in total. The number of carbonyl (C=O) groups excluding carboxylic acids is 1. The predicted molar refractivity (Wildman–Crippen MR) is 150 cm³/mol. The summed E-state index contributed by atoms with van der Waals surface area (Å²) in [5.74, 6) is 4.48. The Bertz CT molecular complexity index is 1400. The molecule has 1 heterocycles. The highest BCUT2D eigenvalue weighted by atomic mass is 32.2. The molecule has 0 aliphatic carbocycles. The van der Waals surface area contributed by atoms with Crippen molar-refractivity contribution in [2.24, 2.45) is 5.41 Å². The fraction of sp³-hybridized carbons (Fsp3) is 0.323. The lowest BCUT2D eigenvalue weighted by molar-refractivity contribution is 0.0947. The zero-order valence-electron chi connectivity index (χ0n) is 21.4. The first kappa shape index (κ1) is 24.7. The van der Waals surface area contributed by atoms with E-state index < -0.39 is 0 Å². The largest absolute Gasteiger partial charge is 0.497 e. The number of hydrogen-bond acceptors (Lipinski definition) is 4. The normalized spacial score (nSPS) is 15.7. The summed E-state index contributed by atoms with van der Waals surface area (Å²) in [6.45, 7) is 8.05. The molecule has 0 N–H and O–H groups in total. The van der Waals surface area contributed by atoms with Crippen LogP contribution in [0.1, 0.15) is 31.1 Å². The molecule has 1 atom stereocenters. The summed E-state index contributed by atoms with van der Waals surface area (Å²) < 4.78 is 17.3. The highest BCUT2D eigenvalue weighted by Gasteiger charge is 2.46. The zero-order valence-corrected chi connectivity index (χ0v) is 22.2. The number of fused-ring (bicyclic) bond motifs is 2. The maximum absolute atomic E-state index is 14.1. The minimum absolute atomic E-state index is 0.00701. The number of ketones is 1. The molecule has 4 aromatic carbocycles. The molecule has 0 saturated carbocycles. The van der Waals surface area contributed by atoms with Crippen LogP contribution in [0.5, 0.6) is 17.2 Å². The van der Waals surface area contributed by atoms with Crippen molar-refractivity contribution in [3.05, 3.63) is 78.4 Å². The SMILES string of the molecule is COc1ccc2cc(Oc3ccc(C(=O)C([S+]4CCOCC4)C(C)(C)C)c4ccccc34)ccc2c1. The smallest absolute Gasteiger partial charge is 0.216 e. The van der Waals surface area contributed by atoms with Gasteiger partial charge in [0.25, 0.3) is 0 Å². The first-order valence-electron chi connectivity index (χ1n) is 12.4. The highest BCUT2D eigenvalue weighted by molar-refractivity contribution is 7.98. The van der Waals surface area contributed by atoms with E-state index in [-0.39, 0.29) is 27.3 Å². The lowest BCUT2D eigenvalue weighted by Crippen LogP contribution is -2.47. The van der Waals surface area contributed by atoms with E-state index in [1.54, 1.807) is 7.11 Å². The number of ether oxygens (including phenoxy) is 3. The van der Waals surface area contributed by atoms with Gasteiger partial charge >= 0.3 is 0 Å². The van der Waals surface area contributed by atoms with Gasteiger partial charge in [0.2, 0.25) is 5.78 Å². The van der Waals surface area contributed by atoms with Crippen molar-refractivity contribution in [1.82, 2.24) is 0 Å². The summed E-state index contributed by atoms with van der Waals surface area (Å²) in [6.07, 6.45) is 0. The number of Topliss-reactive ketones (excluding diaryl/α,β-unsaturated/α-hetero) is 1. The lowest BCUT2D eigenvalue weighted by Gasteiger charge is -2.31. The van der Waals surface area contributed by atoms with Crippen LogP contribution in [0.25, 0.3) is 21.5 Å². The summed E-state index contributed by atoms with van der Waals surface area (Å²) in [5, 5.41) is 4.02. The van der Waals surface area contributed by atoms with E-state index in [2.05, 4.69) is 20.8 Å². The van der Waals surface area contributed by atoms with Crippen LogP contribution in [0.15, 0.2) is 72.8 Å². The topological polar surface area (TPSA) is 44.8 Å². The van der Waals surface area contributed by atoms with Gasteiger partial charge in [-0.05, 0) is 52.6 Å². The fourth-order valence-corrected chi connectivity index (χ4v) is 7.82. The number of benzene rings is 4. The van der Waals surface area contributed by atoms with Crippen molar-refractivity contribution in [2.45, 2.75) is 26.0 Å². The van der Waals surface area contributed by atoms with Crippen LogP contribution in [-0.4, -0.2) is 42.9 Å². The Morgan fingerprint density at radius 2 is 1.50 bits per heavy atom. The van der Waals surface area contributed by atoms with E-state index in [0.29, 0.717) is 0 Å². The third kappa shape index (κ3) is 4.95. The molecular weight excluding hydrogens is 468 g/mol. The van der Waals surface area contributed by atoms with Crippen LogP contribution in [-0.2, 0) is 15.6 Å². The number of methoxy groups -OCH3 is 1. The number of rotatable bonds is 6. The summed E-state index contributed by atoms with van der Waals surface area (Å²) >= 11 is 0. The van der Waals surface area contributed by atoms with Crippen molar-refractivity contribution in [3.8, 4) is 17.2 Å². The molecule has 0 radical (unpaired) electrons. The molecule has 1 saturated heterocycles. The maximum Gasteiger partial charge on any atom is 0.216 e. The van der Waals surface area contributed by atoms with Gasteiger partial charge in [-0.25, -0.2) is 0 Å². The monoisotopic (exact) mass is 501 g/mol. The fourth-order valence-electron chi connectivity index (χ4n) is 5.05. The van der Waals surface area contributed by atoms with Crippen molar-refractivity contribution >= 4 is 38.2 Å². The standard InChI is InChI=1S/C31H33O4S/c1-31(2,3)30(36-17-15-34-16-18-36)29(32)27-13-14-28(26-8-6-5-7-25(26)27)35-24-12-10-21-19-23(33-4)11-9-22(21)20-24/h5-14,19-20,30H,15-18H2,1-4H3/q+1. The predicted octanol–water partition coefficient (Wildman–Crippen LogP) is 7.04. The van der Waals surface area contributed by atoms with Gasteiger partial charge < -0.3 is 14.2 Å². The molecule has 0 amide bonds. The van der Waals surface area contributed by atoms with Crippen molar-refractivity contribution in [1.29, 1.82) is 0 Å². The van der Waals surface area contributed by atoms with Gasteiger partial charge in [0.15, 0.2) is 5.25 Å². The Hall–Kier alpha value is -3.02. The second kappa shape index (κ2) is 10.2. The van der Waals surface area contributed by atoms with E-state index in [9.17, 15) is 4.79 Å². The van der Waals surface area contributed by atoms with Crippen molar-refractivity contribution in [2.75, 3.05) is 31.8 Å². The molecule has 1 aliphatic rings. The minimum Gasteiger partial charge on any atom is -0.497 e. The molecule has 186 valence electrons. The van der Waals surface area contributed by atoms with Gasteiger partial charge in [-0.2, -0.15) is 0 Å².